The highest BCUT2D eigenvalue weighted by molar-refractivity contribution is 5.90. The first-order valence-corrected chi connectivity index (χ1v) is 5.13. The van der Waals surface area contributed by atoms with Crippen LogP contribution in [-0.2, 0) is 0 Å². The number of methoxy groups -OCH3 is 2. The Balaban J connectivity index is 2.41. The number of amides is 1. The van der Waals surface area contributed by atoms with Crippen LogP contribution in [0.4, 0.5) is 0 Å². The fourth-order valence-electron chi connectivity index (χ4n) is 1.49. The Labute approximate surface area is 103 Å². The second-order valence-electron chi connectivity index (χ2n) is 3.47. The second-order valence-corrected chi connectivity index (χ2v) is 3.47. The third-order valence-electron chi connectivity index (χ3n) is 2.39. The molecular weight excluding hydrogens is 236 g/mol. The number of carbonyl (C=O) groups excluding carboxylic acids is 1. The van der Waals surface area contributed by atoms with Crippen LogP contribution in [0.5, 0.6) is 11.5 Å². The van der Waals surface area contributed by atoms with Gasteiger partial charge in [0.1, 0.15) is 6.26 Å². The summed E-state index contributed by atoms with van der Waals surface area (Å²) in [5, 5.41) is 0. The fourth-order valence-corrected chi connectivity index (χ4v) is 1.49. The SMILES string of the molecule is COc1ccc(-c2nc(C(N)=O)co2)cc1OC. The summed E-state index contributed by atoms with van der Waals surface area (Å²) in [4.78, 5) is 14.9. The summed E-state index contributed by atoms with van der Waals surface area (Å²) in [6.45, 7) is 0. The molecule has 0 unspecified atom stereocenters. The van der Waals surface area contributed by atoms with Gasteiger partial charge in [0, 0.05) is 5.56 Å². The molecule has 2 aromatic rings. The van der Waals surface area contributed by atoms with E-state index in [2.05, 4.69) is 4.98 Å². The van der Waals surface area contributed by atoms with Crippen LogP contribution < -0.4 is 15.2 Å². The van der Waals surface area contributed by atoms with Crippen LogP contribution in [-0.4, -0.2) is 25.1 Å². The number of rotatable bonds is 4. The molecule has 1 aromatic heterocycles. The average Bonchev–Trinajstić information content (AvgIpc) is 2.87. The normalized spacial score (nSPS) is 10.1. The number of benzene rings is 1. The van der Waals surface area contributed by atoms with Crippen molar-refractivity contribution in [3.63, 3.8) is 0 Å². The van der Waals surface area contributed by atoms with Gasteiger partial charge in [-0.25, -0.2) is 4.98 Å². The number of primary amides is 1. The summed E-state index contributed by atoms with van der Waals surface area (Å²) in [6.07, 6.45) is 1.22. The molecule has 0 spiro atoms. The van der Waals surface area contributed by atoms with Crippen molar-refractivity contribution in [2.75, 3.05) is 14.2 Å². The summed E-state index contributed by atoms with van der Waals surface area (Å²) in [6, 6.07) is 5.18. The van der Waals surface area contributed by atoms with Crippen molar-refractivity contribution in [2.45, 2.75) is 0 Å². The number of nitrogens with zero attached hydrogens (tertiary/aromatic N) is 1. The number of oxazole rings is 1. The number of ether oxygens (including phenoxy) is 2. The van der Waals surface area contributed by atoms with Crippen LogP contribution >= 0.6 is 0 Å². The van der Waals surface area contributed by atoms with E-state index in [-0.39, 0.29) is 5.69 Å². The Morgan fingerprint density at radius 2 is 2.00 bits per heavy atom. The van der Waals surface area contributed by atoms with Gasteiger partial charge in [0.05, 0.1) is 14.2 Å². The van der Waals surface area contributed by atoms with E-state index in [0.717, 1.165) is 0 Å². The molecule has 1 amide bonds. The molecule has 0 bridgehead atoms. The molecule has 2 rings (SSSR count). The fraction of sp³-hybridized carbons (Fsp3) is 0.167. The van der Waals surface area contributed by atoms with Gasteiger partial charge in [-0.2, -0.15) is 0 Å². The zero-order chi connectivity index (χ0) is 13.1. The Kier molecular flexibility index (Phi) is 3.18. The average molecular weight is 248 g/mol. The van der Waals surface area contributed by atoms with Gasteiger partial charge in [-0.1, -0.05) is 0 Å². The minimum atomic E-state index is -0.634. The van der Waals surface area contributed by atoms with E-state index in [1.165, 1.54) is 13.4 Å². The molecule has 0 radical (unpaired) electrons. The van der Waals surface area contributed by atoms with Crippen LogP contribution in [0.1, 0.15) is 10.5 Å². The van der Waals surface area contributed by atoms with Crippen molar-refractivity contribution in [2.24, 2.45) is 5.73 Å². The first kappa shape index (κ1) is 12.0. The van der Waals surface area contributed by atoms with Crippen LogP contribution in [0, 0.1) is 0 Å². The lowest BCUT2D eigenvalue weighted by molar-refractivity contribution is 0.0995. The van der Waals surface area contributed by atoms with Crippen molar-refractivity contribution in [3.8, 4) is 23.0 Å². The maximum absolute atomic E-state index is 10.9. The van der Waals surface area contributed by atoms with E-state index >= 15 is 0 Å². The van der Waals surface area contributed by atoms with E-state index in [1.54, 1.807) is 25.3 Å². The molecule has 0 aliphatic heterocycles. The molecule has 6 heteroatoms. The first-order valence-electron chi connectivity index (χ1n) is 5.13. The topological polar surface area (TPSA) is 87.6 Å². The summed E-state index contributed by atoms with van der Waals surface area (Å²) in [7, 11) is 3.08. The minimum Gasteiger partial charge on any atom is -0.493 e. The van der Waals surface area contributed by atoms with Crippen LogP contribution in [0.25, 0.3) is 11.5 Å². The van der Waals surface area contributed by atoms with E-state index in [9.17, 15) is 4.79 Å². The number of carbonyl (C=O) groups is 1. The Morgan fingerprint density at radius 1 is 1.28 bits per heavy atom. The van der Waals surface area contributed by atoms with Gasteiger partial charge in [-0.15, -0.1) is 0 Å². The zero-order valence-corrected chi connectivity index (χ0v) is 9.97. The largest absolute Gasteiger partial charge is 0.493 e. The number of nitrogens with two attached hydrogens (primary N) is 1. The number of hydrogen-bond acceptors (Lipinski definition) is 5. The van der Waals surface area contributed by atoms with E-state index in [1.807, 2.05) is 0 Å². The van der Waals surface area contributed by atoms with Gasteiger partial charge in [0.25, 0.3) is 5.91 Å². The molecule has 2 N–H and O–H groups in total. The van der Waals surface area contributed by atoms with Crippen molar-refractivity contribution >= 4 is 5.91 Å². The van der Waals surface area contributed by atoms with Gasteiger partial charge >= 0.3 is 0 Å². The van der Waals surface area contributed by atoms with E-state index < -0.39 is 5.91 Å². The number of hydrogen-bond donors (Lipinski definition) is 1. The summed E-state index contributed by atoms with van der Waals surface area (Å²) in [5.74, 6) is 0.812. The summed E-state index contributed by atoms with van der Waals surface area (Å²) < 4.78 is 15.5. The highest BCUT2D eigenvalue weighted by Gasteiger charge is 2.12. The van der Waals surface area contributed by atoms with Gasteiger partial charge in [-0.3, -0.25) is 4.79 Å². The van der Waals surface area contributed by atoms with Gasteiger partial charge in [0.15, 0.2) is 17.2 Å². The lowest BCUT2D eigenvalue weighted by atomic mass is 10.2. The van der Waals surface area contributed by atoms with Gasteiger partial charge in [-0.05, 0) is 18.2 Å². The quantitative estimate of drug-likeness (QED) is 0.884. The molecular formula is C12H12N2O4. The van der Waals surface area contributed by atoms with Crippen molar-refractivity contribution < 1.29 is 18.7 Å². The third-order valence-corrected chi connectivity index (χ3v) is 2.39. The zero-order valence-electron chi connectivity index (χ0n) is 9.97. The predicted octanol–water partition coefficient (Wildman–Crippen LogP) is 1.46. The van der Waals surface area contributed by atoms with Gasteiger partial charge < -0.3 is 19.6 Å². The molecule has 0 fully saturated rings. The first-order chi connectivity index (χ1) is 8.65. The van der Waals surface area contributed by atoms with Crippen LogP contribution in [0.15, 0.2) is 28.9 Å². The molecule has 1 heterocycles. The number of aromatic nitrogens is 1. The summed E-state index contributed by atoms with van der Waals surface area (Å²) in [5.41, 5.74) is 5.85. The summed E-state index contributed by atoms with van der Waals surface area (Å²) >= 11 is 0. The standard InChI is InChI=1S/C12H12N2O4/c1-16-9-4-3-7(5-10(9)17-2)12-14-8(6-18-12)11(13)15/h3-6H,1-2H3,(H2,13,15). The van der Waals surface area contributed by atoms with E-state index in [4.69, 9.17) is 19.6 Å². The molecule has 94 valence electrons. The third kappa shape index (κ3) is 2.13. The molecule has 6 nitrogen and oxygen atoms in total. The predicted molar refractivity (Wildman–Crippen MR) is 63.6 cm³/mol. The highest BCUT2D eigenvalue weighted by atomic mass is 16.5. The van der Waals surface area contributed by atoms with Crippen LogP contribution in [0.3, 0.4) is 0 Å². The molecule has 0 atom stereocenters. The molecule has 0 saturated carbocycles. The monoisotopic (exact) mass is 248 g/mol. The van der Waals surface area contributed by atoms with Crippen molar-refractivity contribution in [1.82, 2.24) is 4.98 Å². The lowest BCUT2D eigenvalue weighted by Gasteiger charge is -2.07. The van der Waals surface area contributed by atoms with Crippen LogP contribution in [0.2, 0.25) is 0 Å². The molecule has 1 aromatic carbocycles. The maximum Gasteiger partial charge on any atom is 0.270 e. The van der Waals surface area contributed by atoms with Crippen molar-refractivity contribution in [3.05, 3.63) is 30.2 Å². The lowest BCUT2D eigenvalue weighted by Crippen LogP contribution is -2.10. The Morgan fingerprint density at radius 3 is 2.56 bits per heavy atom. The Bertz CT molecular complexity index is 577. The smallest absolute Gasteiger partial charge is 0.270 e. The maximum atomic E-state index is 10.9. The molecule has 0 aliphatic carbocycles. The second kappa shape index (κ2) is 4.79. The van der Waals surface area contributed by atoms with E-state index in [0.29, 0.717) is 23.0 Å². The molecule has 0 aliphatic rings. The molecule has 0 saturated heterocycles. The Hall–Kier alpha value is -2.50. The minimum absolute atomic E-state index is 0.0831. The van der Waals surface area contributed by atoms with Gasteiger partial charge in [0.2, 0.25) is 5.89 Å². The highest BCUT2D eigenvalue weighted by Crippen LogP contribution is 2.31. The molecule has 18 heavy (non-hydrogen) atoms. The van der Waals surface area contributed by atoms with Crippen molar-refractivity contribution in [1.29, 1.82) is 0 Å².